The zero-order valence-corrected chi connectivity index (χ0v) is 15.8. The van der Waals surface area contributed by atoms with Crippen molar-refractivity contribution in [3.63, 3.8) is 0 Å². The van der Waals surface area contributed by atoms with Crippen LogP contribution in [0.1, 0.15) is 53.9 Å². The van der Waals surface area contributed by atoms with E-state index >= 15 is 0 Å². The first-order valence-electron chi connectivity index (χ1n) is 9.17. The highest BCUT2D eigenvalue weighted by atomic mass is 19.1. The van der Waals surface area contributed by atoms with Crippen molar-refractivity contribution in [2.75, 3.05) is 32.8 Å². The van der Waals surface area contributed by atoms with Gasteiger partial charge in [0.05, 0.1) is 0 Å². The number of aliphatic hydroxyl groups excluding tert-OH is 1. The third-order valence-electron chi connectivity index (χ3n) is 5.47. The van der Waals surface area contributed by atoms with Gasteiger partial charge >= 0.3 is 0 Å². The van der Waals surface area contributed by atoms with Crippen molar-refractivity contribution in [3.8, 4) is 0 Å². The molecule has 0 amide bonds. The number of halogens is 1. The molecule has 0 bridgehead atoms. The Kier molecular flexibility index (Phi) is 8.42. The third kappa shape index (κ3) is 6.65. The van der Waals surface area contributed by atoms with Crippen LogP contribution in [0.3, 0.4) is 0 Å². The second-order valence-corrected chi connectivity index (χ2v) is 8.16. The average Bonchev–Trinajstić information content (AvgIpc) is 2.51. The summed E-state index contributed by atoms with van der Waals surface area (Å²) < 4.78 is 13.0. The maximum absolute atomic E-state index is 13.0. The lowest BCUT2D eigenvalue weighted by Crippen LogP contribution is -2.50. The summed E-state index contributed by atoms with van der Waals surface area (Å²) >= 11 is 0. The molecule has 23 heavy (non-hydrogen) atoms. The fourth-order valence-electron chi connectivity index (χ4n) is 3.15. The molecule has 2 heterocycles. The maximum Gasteiger partial charge on any atom is 0.128 e. The lowest BCUT2D eigenvalue weighted by molar-refractivity contribution is 0.0464. The fourth-order valence-corrected chi connectivity index (χ4v) is 3.15. The van der Waals surface area contributed by atoms with Gasteiger partial charge in [-0.2, -0.15) is 0 Å². The van der Waals surface area contributed by atoms with E-state index < -0.39 is 6.17 Å². The van der Waals surface area contributed by atoms with Crippen LogP contribution in [0.5, 0.6) is 0 Å². The third-order valence-corrected chi connectivity index (χ3v) is 5.47. The summed E-state index contributed by atoms with van der Waals surface area (Å²) in [6, 6.07) is 0.874. The molecule has 2 fully saturated rings. The molecule has 2 rings (SSSR count). The summed E-state index contributed by atoms with van der Waals surface area (Å²) in [5.74, 6) is 0. The number of alkyl halides is 1. The SMILES string of the molecule is CC(C)N1CCC(C)(CO)CC1.CC(C)N1CCC(N)C(F)C1. The second kappa shape index (κ2) is 9.30. The van der Waals surface area contributed by atoms with Crippen LogP contribution >= 0.6 is 0 Å². The highest BCUT2D eigenvalue weighted by Gasteiger charge is 2.30. The maximum atomic E-state index is 13.0. The number of likely N-dealkylation sites (tertiary alicyclic amines) is 2. The van der Waals surface area contributed by atoms with Gasteiger partial charge in [0.2, 0.25) is 0 Å². The quantitative estimate of drug-likeness (QED) is 0.833. The highest BCUT2D eigenvalue weighted by molar-refractivity contribution is 4.84. The molecular formula is C18H38FN3O. The Morgan fingerprint density at radius 3 is 2.00 bits per heavy atom. The van der Waals surface area contributed by atoms with Crippen LogP contribution in [-0.2, 0) is 0 Å². The molecule has 2 saturated heterocycles. The number of rotatable bonds is 3. The summed E-state index contributed by atoms with van der Waals surface area (Å²) in [5.41, 5.74) is 5.74. The first kappa shape index (κ1) is 20.8. The van der Waals surface area contributed by atoms with Crippen molar-refractivity contribution in [1.82, 2.24) is 9.80 Å². The smallest absolute Gasteiger partial charge is 0.128 e. The molecule has 2 aliphatic rings. The normalized spacial score (nSPS) is 29.5. The average molecular weight is 332 g/mol. The van der Waals surface area contributed by atoms with E-state index in [0.29, 0.717) is 25.2 Å². The topological polar surface area (TPSA) is 52.7 Å². The van der Waals surface area contributed by atoms with Gasteiger partial charge in [-0.3, -0.25) is 4.90 Å². The van der Waals surface area contributed by atoms with E-state index in [1.54, 1.807) is 0 Å². The van der Waals surface area contributed by atoms with E-state index in [1.165, 1.54) is 0 Å². The van der Waals surface area contributed by atoms with E-state index in [9.17, 15) is 4.39 Å². The van der Waals surface area contributed by atoms with E-state index in [0.717, 1.165) is 38.9 Å². The van der Waals surface area contributed by atoms with Crippen molar-refractivity contribution in [3.05, 3.63) is 0 Å². The molecular weight excluding hydrogens is 293 g/mol. The van der Waals surface area contributed by atoms with E-state index in [1.807, 2.05) is 0 Å². The van der Waals surface area contributed by atoms with E-state index in [2.05, 4.69) is 44.4 Å². The zero-order chi connectivity index (χ0) is 17.6. The second-order valence-electron chi connectivity index (χ2n) is 8.16. The van der Waals surface area contributed by atoms with Crippen LogP contribution < -0.4 is 5.73 Å². The minimum Gasteiger partial charge on any atom is -0.396 e. The molecule has 0 saturated carbocycles. The molecule has 138 valence electrons. The molecule has 0 aromatic heterocycles. The molecule has 2 atom stereocenters. The van der Waals surface area contributed by atoms with Gasteiger partial charge in [-0.15, -0.1) is 0 Å². The van der Waals surface area contributed by atoms with Crippen LogP contribution in [0.2, 0.25) is 0 Å². The monoisotopic (exact) mass is 331 g/mol. The lowest BCUT2D eigenvalue weighted by Gasteiger charge is -2.40. The van der Waals surface area contributed by atoms with Gasteiger partial charge in [-0.05, 0) is 65.5 Å². The minimum atomic E-state index is -0.828. The first-order chi connectivity index (χ1) is 10.7. The number of aliphatic hydroxyl groups is 1. The molecule has 5 heteroatoms. The van der Waals surface area contributed by atoms with Gasteiger partial charge in [0.15, 0.2) is 0 Å². The van der Waals surface area contributed by atoms with Crippen molar-refractivity contribution in [1.29, 1.82) is 0 Å². The molecule has 3 N–H and O–H groups in total. The van der Waals surface area contributed by atoms with Crippen LogP contribution in [0, 0.1) is 5.41 Å². The molecule has 0 spiro atoms. The summed E-state index contributed by atoms with van der Waals surface area (Å²) in [6.07, 6.45) is 2.24. The molecule has 0 aromatic carbocycles. The van der Waals surface area contributed by atoms with Crippen LogP contribution in [0.4, 0.5) is 4.39 Å². The Labute approximate surface area is 142 Å². The van der Waals surface area contributed by atoms with Crippen LogP contribution in [0.15, 0.2) is 0 Å². The lowest BCUT2D eigenvalue weighted by atomic mass is 9.81. The van der Waals surface area contributed by atoms with Gasteiger partial charge in [-0.25, -0.2) is 4.39 Å². The number of hydrogen-bond donors (Lipinski definition) is 2. The Morgan fingerprint density at radius 1 is 1.09 bits per heavy atom. The molecule has 0 radical (unpaired) electrons. The molecule has 2 aliphatic heterocycles. The van der Waals surface area contributed by atoms with Crippen molar-refractivity contribution < 1.29 is 9.50 Å². The molecule has 2 unspecified atom stereocenters. The zero-order valence-electron chi connectivity index (χ0n) is 15.8. The Bertz CT molecular complexity index is 330. The van der Waals surface area contributed by atoms with Crippen molar-refractivity contribution >= 4 is 0 Å². The minimum absolute atomic E-state index is 0.200. The molecule has 0 aliphatic carbocycles. The predicted octanol–water partition coefficient (Wildman–Crippen LogP) is 2.26. The summed E-state index contributed by atoms with van der Waals surface area (Å²) in [6.45, 7) is 14.9. The van der Waals surface area contributed by atoms with Crippen LogP contribution in [0.25, 0.3) is 0 Å². The van der Waals surface area contributed by atoms with Crippen molar-refractivity contribution in [2.24, 2.45) is 11.1 Å². The standard InChI is InChI=1S/C10H21NO.C8H17FN2/c1-9(2)11-6-4-10(3,8-12)5-7-11;1-6(2)11-4-3-8(10)7(9)5-11/h9,12H,4-8H2,1-3H3;6-8H,3-5,10H2,1-2H3. The fraction of sp³-hybridized carbons (Fsp3) is 1.00. The number of piperidine rings is 2. The Hall–Kier alpha value is -0.230. The summed E-state index contributed by atoms with van der Waals surface area (Å²) in [5, 5.41) is 9.16. The first-order valence-corrected chi connectivity index (χ1v) is 9.17. The van der Waals surface area contributed by atoms with Gasteiger partial charge in [-0.1, -0.05) is 6.92 Å². The number of nitrogens with two attached hydrogens (primary N) is 1. The van der Waals surface area contributed by atoms with Crippen molar-refractivity contribution in [2.45, 2.75) is 78.2 Å². The molecule has 4 nitrogen and oxygen atoms in total. The summed E-state index contributed by atoms with van der Waals surface area (Å²) in [4.78, 5) is 4.62. The highest BCUT2D eigenvalue weighted by Crippen LogP contribution is 2.30. The van der Waals surface area contributed by atoms with Gasteiger partial charge in [0.25, 0.3) is 0 Å². The van der Waals surface area contributed by atoms with E-state index in [-0.39, 0.29) is 11.5 Å². The van der Waals surface area contributed by atoms with Gasteiger partial charge in [0, 0.05) is 37.8 Å². The van der Waals surface area contributed by atoms with Gasteiger partial charge < -0.3 is 15.7 Å². The summed E-state index contributed by atoms with van der Waals surface area (Å²) in [7, 11) is 0. The van der Waals surface area contributed by atoms with Crippen LogP contribution in [-0.4, -0.2) is 72.0 Å². The Morgan fingerprint density at radius 2 is 1.61 bits per heavy atom. The predicted molar refractivity (Wildman–Crippen MR) is 95.3 cm³/mol. The Balaban J connectivity index is 0.000000231. The number of hydrogen-bond acceptors (Lipinski definition) is 4. The molecule has 0 aromatic rings. The van der Waals surface area contributed by atoms with E-state index in [4.69, 9.17) is 10.8 Å². The van der Waals surface area contributed by atoms with Gasteiger partial charge in [0.1, 0.15) is 6.17 Å². The number of nitrogens with zero attached hydrogens (tertiary/aromatic N) is 2. The largest absolute Gasteiger partial charge is 0.396 e.